The van der Waals surface area contributed by atoms with E-state index in [1.165, 1.54) is 11.8 Å². The number of aromatic nitrogens is 2. The fraction of sp³-hybridized carbons (Fsp3) is 0.714. The van der Waals surface area contributed by atoms with Gasteiger partial charge in [0, 0.05) is 5.25 Å². The van der Waals surface area contributed by atoms with E-state index in [1.807, 2.05) is 0 Å². The van der Waals surface area contributed by atoms with E-state index in [-0.39, 0.29) is 17.3 Å². The van der Waals surface area contributed by atoms with Gasteiger partial charge in [-0.05, 0) is 18.3 Å². The van der Waals surface area contributed by atoms with Crippen molar-refractivity contribution in [2.24, 2.45) is 5.41 Å². The summed E-state index contributed by atoms with van der Waals surface area (Å²) in [7, 11) is 3.11. The highest BCUT2D eigenvalue weighted by Gasteiger charge is 2.32. The van der Waals surface area contributed by atoms with Crippen molar-refractivity contribution in [3.8, 4) is 11.8 Å². The molecule has 0 aliphatic carbocycles. The Morgan fingerprint density at radius 1 is 1.20 bits per heavy atom. The zero-order valence-electron chi connectivity index (χ0n) is 12.8. The summed E-state index contributed by atoms with van der Waals surface area (Å²) in [6.07, 6.45) is 1.98. The molecule has 114 valence electrons. The van der Waals surface area contributed by atoms with Crippen LogP contribution in [0.15, 0.2) is 11.2 Å². The minimum absolute atomic E-state index is 0.0364. The lowest BCUT2D eigenvalue weighted by molar-refractivity contribution is 0.196. The minimum Gasteiger partial charge on any atom is -0.481 e. The minimum atomic E-state index is 0.0364. The molecule has 20 heavy (non-hydrogen) atoms. The van der Waals surface area contributed by atoms with Crippen LogP contribution in [-0.2, 0) is 0 Å². The van der Waals surface area contributed by atoms with Crippen LogP contribution in [0.3, 0.4) is 0 Å². The highest BCUT2D eigenvalue weighted by molar-refractivity contribution is 7.99. The summed E-state index contributed by atoms with van der Waals surface area (Å²) < 4.78 is 10.3. The first kappa shape index (κ1) is 17.0. The van der Waals surface area contributed by atoms with E-state index in [2.05, 4.69) is 30.7 Å². The largest absolute Gasteiger partial charge is 0.481 e. The zero-order chi connectivity index (χ0) is 15.2. The highest BCUT2D eigenvalue weighted by atomic mass is 32.2. The van der Waals surface area contributed by atoms with Crippen LogP contribution >= 0.6 is 11.8 Å². The Morgan fingerprint density at radius 3 is 2.05 bits per heavy atom. The van der Waals surface area contributed by atoms with E-state index in [0.29, 0.717) is 16.9 Å². The molecule has 6 heteroatoms. The van der Waals surface area contributed by atoms with Crippen LogP contribution in [0.5, 0.6) is 11.8 Å². The van der Waals surface area contributed by atoms with Crippen LogP contribution in [0.2, 0.25) is 0 Å². The van der Waals surface area contributed by atoms with Crippen LogP contribution < -0.4 is 9.47 Å². The van der Waals surface area contributed by atoms with E-state index in [0.717, 1.165) is 12.8 Å². The summed E-state index contributed by atoms with van der Waals surface area (Å²) in [5.74, 6) is 0.927. The molecule has 0 amide bonds. The second-order valence-corrected chi connectivity index (χ2v) is 6.06. The van der Waals surface area contributed by atoms with Gasteiger partial charge < -0.3 is 14.6 Å². The van der Waals surface area contributed by atoms with Gasteiger partial charge in [-0.2, -0.15) is 9.97 Å². The molecule has 0 saturated carbocycles. The van der Waals surface area contributed by atoms with E-state index < -0.39 is 0 Å². The standard InChI is InChI=1S/C14H24N2O3S/c1-6-14(3,7-2)10(9-17)20-13-15-11(18-4)8-12(16-13)19-5/h8,10,17H,6-7,9H2,1-5H3. The van der Waals surface area contributed by atoms with Gasteiger partial charge in [0.1, 0.15) is 0 Å². The molecule has 1 unspecified atom stereocenters. The fourth-order valence-electron chi connectivity index (χ4n) is 1.88. The van der Waals surface area contributed by atoms with Gasteiger partial charge in [-0.25, -0.2) is 0 Å². The third-order valence-electron chi connectivity index (χ3n) is 3.88. The van der Waals surface area contributed by atoms with E-state index in [9.17, 15) is 5.11 Å². The van der Waals surface area contributed by atoms with Crippen molar-refractivity contribution >= 4 is 11.8 Å². The Labute approximate surface area is 125 Å². The number of hydrogen-bond donors (Lipinski definition) is 1. The first-order valence-electron chi connectivity index (χ1n) is 6.77. The summed E-state index contributed by atoms with van der Waals surface area (Å²) in [5, 5.41) is 10.3. The normalized spacial score (nSPS) is 13.1. The number of thioether (sulfide) groups is 1. The summed E-state index contributed by atoms with van der Waals surface area (Å²) >= 11 is 1.47. The van der Waals surface area contributed by atoms with Gasteiger partial charge >= 0.3 is 0 Å². The van der Waals surface area contributed by atoms with Crippen molar-refractivity contribution in [2.45, 2.75) is 44.0 Å². The highest BCUT2D eigenvalue weighted by Crippen LogP contribution is 2.40. The number of rotatable bonds is 8. The molecular weight excluding hydrogens is 276 g/mol. The molecule has 5 nitrogen and oxygen atoms in total. The summed E-state index contributed by atoms with van der Waals surface area (Å²) in [6, 6.07) is 1.64. The SMILES string of the molecule is CCC(C)(CC)C(CO)Sc1nc(OC)cc(OC)n1. The first-order valence-corrected chi connectivity index (χ1v) is 7.65. The van der Waals surface area contributed by atoms with Crippen LogP contribution in [0.4, 0.5) is 0 Å². The molecule has 0 fully saturated rings. The van der Waals surface area contributed by atoms with Gasteiger partial charge in [-0.15, -0.1) is 0 Å². The molecule has 1 N–H and O–H groups in total. The maximum absolute atomic E-state index is 9.70. The molecule has 0 radical (unpaired) electrons. The summed E-state index contributed by atoms with van der Waals surface area (Å²) in [4.78, 5) is 8.62. The molecule has 1 atom stereocenters. The maximum Gasteiger partial charge on any atom is 0.220 e. The van der Waals surface area contributed by atoms with Gasteiger partial charge in [0.15, 0.2) is 5.16 Å². The smallest absolute Gasteiger partial charge is 0.220 e. The molecule has 1 aromatic rings. The van der Waals surface area contributed by atoms with Gasteiger partial charge in [0.25, 0.3) is 0 Å². The van der Waals surface area contributed by atoms with Crippen LogP contribution in [0.25, 0.3) is 0 Å². The molecule has 0 saturated heterocycles. The Kier molecular flexibility index (Phi) is 6.55. The Hall–Kier alpha value is -1.01. The number of aliphatic hydroxyl groups is 1. The van der Waals surface area contributed by atoms with E-state index in [4.69, 9.17) is 9.47 Å². The lowest BCUT2D eigenvalue weighted by atomic mass is 9.81. The van der Waals surface area contributed by atoms with Crippen molar-refractivity contribution < 1.29 is 14.6 Å². The molecule has 0 aromatic carbocycles. The maximum atomic E-state index is 9.70. The van der Waals surface area contributed by atoms with Crippen molar-refractivity contribution in [1.29, 1.82) is 0 Å². The first-order chi connectivity index (χ1) is 9.52. The fourth-order valence-corrected chi connectivity index (χ4v) is 3.11. The Balaban J connectivity index is 3.00. The predicted molar refractivity (Wildman–Crippen MR) is 80.6 cm³/mol. The van der Waals surface area contributed by atoms with Gasteiger partial charge in [-0.3, -0.25) is 0 Å². The Bertz CT molecular complexity index is 403. The zero-order valence-corrected chi connectivity index (χ0v) is 13.7. The molecular formula is C14H24N2O3S. The quantitative estimate of drug-likeness (QED) is 0.588. The van der Waals surface area contributed by atoms with Crippen molar-refractivity contribution in [1.82, 2.24) is 9.97 Å². The van der Waals surface area contributed by atoms with Gasteiger partial charge in [-0.1, -0.05) is 32.5 Å². The number of ether oxygens (including phenoxy) is 2. The molecule has 1 aromatic heterocycles. The molecule has 0 aliphatic heterocycles. The van der Waals surface area contributed by atoms with Crippen molar-refractivity contribution in [3.63, 3.8) is 0 Å². The third-order valence-corrected chi connectivity index (χ3v) is 5.28. The second-order valence-electron chi connectivity index (χ2n) is 4.89. The number of methoxy groups -OCH3 is 2. The van der Waals surface area contributed by atoms with Crippen LogP contribution in [0, 0.1) is 5.41 Å². The van der Waals surface area contributed by atoms with Crippen molar-refractivity contribution in [3.05, 3.63) is 6.07 Å². The van der Waals surface area contributed by atoms with Crippen molar-refractivity contribution in [2.75, 3.05) is 20.8 Å². The lowest BCUT2D eigenvalue weighted by Gasteiger charge is -2.34. The second kappa shape index (κ2) is 7.69. The predicted octanol–water partition coefficient (Wildman–Crippen LogP) is 2.77. The lowest BCUT2D eigenvalue weighted by Crippen LogP contribution is -2.31. The molecule has 1 heterocycles. The number of hydrogen-bond acceptors (Lipinski definition) is 6. The summed E-state index contributed by atoms with van der Waals surface area (Å²) in [6.45, 7) is 6.55. The number of nitrogens with zero attached hydrogens (tertiary/aromatic N) is 2. The molecule has 0 aliphatic rings. The topological polar surface area (TPSA) is 64.5 Å². The molecule has 0 bridgehead atoms. The third kappa shape index (κ3) is 3.99. The molecule has 1 rings (SSSR count). The van der Waals surface area contributed by atoms with E-state index in [1.54, 1.807) is 20.3 Å². The van der Waals surface area contributed by atoms with Crippen LogP contribution in [0.1, 0.15) is 33.6 Å². The van der Waals surface area contributed by atoms with Gasteiger partial charge in [0.2, 0.25) is 11.8 Å². The Morgan fingerprint density at radius 2 is 1.70 bits per heavy atom. The average Bonchev–Trinajstić information content (AvgIpc) is 2.51. The summed E-state index contributed by atoms with van der Waals surface area (Å²) in [5.41, 5.74) is 0.0408. The monoisotopic (exact) mass is 300 g/mol. The average molecular weight is 300 g/mol. The van der Waals surface area contributed by atoms with Gasteiger partial charge in [0.05, 0.1) is 26.9 Å². The van der Waals surface area contributed by atoms with Crippen LogP contribution in [-0.4, -0.2) is 41.2 Å². The number of aliphatic hydroxyl groups excluding tert-OH is 1. The van der Waals surface area contributed by atoms with E-state index >= 15 is 0 Å². The molecule has 0 spiro atoms.